The Bertz CT molecular complexity index is 893. The van der Waals surface area contributed by atoms with Crippen molar-refractivity contribution in [2.75, 3.05) is 25.8 Å². The summed E-state index contributed by atoms with van der Waals surface area (Å²) in [7, 11) is 3.10. The average molecular weight is 360 g/mol. The minimum atomic E-state index is -0.236. The van der Waals surface area contributed by atoms with E-state index in [1.807, 2.05) is 18.4 Å². The molecule has 0 saturated heterocycles. The van der Waals surface area contributed by atoms with Gasteiger partial charge in [0, 0.05) is 10.5 Å². The van der Waals surface area contributed by atoms with E-state index in [0.717, 1.165) is 10.2 Å². The second-order valence-electron chi connectivity index (χ2n) is 4.88. The molecule has 0 fully saturated rings. The number of ether oxygens (including phenoxy) is 2. The van der Waals surface area contributed by atoms with Crippen LogP contribution >= 0.6 is 23.1 Å². The van der Waals surface area contributed by atoms with E-state index in [9.17, 15) is 4.79 Å². The van der Waals surface area contributed by atoms with Crippen molar-refractivity contribution in [2.45, 2.75) is 4.90 Å². The van der Waals surface area contributed by atoms with Gasteiger partial charge in [0.25, 0.3) is 5.91 Å². The number of aromatic nitrogens is 1. The molecule has 7 heteroatoms. The molecular formula is C17H16N2O3S2. The number of hydrogen-bond acceptors (Lipinski definition) is 6. The highest BCUT2D eigenvalue weighted by Gasteiger charge is 2.13. The number of benzene rings is 2. The first-order chi connectivity index (χ1) is 11.6. The third-order valence-corrected chi connectivity index (χ3v) is 5.12. The predicted octanol–water partition coefficient (Wildman–Crippen LogP) is 4.29. The Hall–Kier alpha value is -2.25. The Kier molecular flexibility index (Phi) is 4.92. The minimum Gasteiger partial charge on any atom is -0.493 e. The van der Waals surface area contributed by atoms with Crippen LogP contribution in [0, 0.1) is 0 Å². The maximum absolute atomic E-state index is 12.4. The van der Waals surface area contributed by atoms with Crippen LogP contribution in [-0.4, -0.2) is 31.4 Å². The van der Waals surface area contributed by atoms with Gasteiger partial charge in [0.1, 0.15) is 0 Å². The summed E-state index contributed by atoms with van der Waals surface area (Å²) in [6, 6.07) is 11.1. The van der Waals surface area contributed by atoms with Gasteiger partial charge in [-0.05, 0) is 42.7 Å². The Morgan fingerprint density at radius 1 is 1.12 bits per heavy atom. The van der Waals surface area contributed by atoms with E-state index in [0.29, 0.717) is 22.2 Å². The standard InChI is InChI=1S/C17H16N2O3S2/c1-21-13-7-4-10(8-14(13)22-2)16(20)19-17-18-12-6-5-11(23-3)9-15(12)24-17/h4-9H,1-3H3,(H,18,19,20). The Balaban J connectivity index is 1.84. The number of hydrogen-bond donors (Lipinski definition) is 1. The molecule has 124 valence electrons. The molecule has 5 nitrogen and oxygen atoms in total. The number of thioether (sulfide) groups is 1. The van der Waals surface area contributed by atoms with E-state index in [1.165, 1.54) is 23.3 Å². The summed E-state index contributed by atoms with van der Waals surface area (Å²) in [6.07, 6.45) is 2.03. The number of carbonyl (C=O) groups is 1. The molecule has 3 aromatic rings. The highest BCUT2D eigenvalue weighted by molar-refractivity contribution is 7.98. The van der Waals surface area contributed by atoms with E-state index < -0.39 is 0 Å². The minimum absolute atomic E-state index is 0.236. The van der Waals surface area contributed by atoms with Crippen LogP contribution in [0.5, 0.6) is 11.5 Å². The smallest absolute Gasteiger partial charge is 0.257 e. The third-order valence-electron chi connectivity index (χ3n) is 3.46. The summed E-state index contributed by atoms with van der Waals surface area (Å²) in [5.41, 5.74) is 1.36. The van der Waals surface area contributed by atoms with E-state index in [4.69, 9.17) is 9.47 Å². The first-order valence-electron chi connectivity index (χ1n) is 7.12. The molecular weight excluding hydrogens is 344 g/mol. The molecule has 1 heterocycles. The van der Waals surface area contributed by atoms with Crippen molar-refractivity contribution < 1.29 is 14.3 Å². The van der Waals surface area contributed by atoms with Gasteiger partial charge in [-0.15, -0.1) is 11.8 Å². The van der Waals surface area contributed by atoms with Gasteiger partial charge in [0.05, 0.1) is 24.4 Å². The van der Waals surface area contributed by atoms with Crippen molar-refractivity contribution in [1.29, 1.82) is 0 Å². The van der Waals surface area contributed by atoms with Crippen LogP contribution in [0.15, 0.2) is 41.3 Å². The van der Waals surface area contributed by atoms with Gasteiger partial charge in [-0.3, -0.25) is 10.1 Å². The predicted molar refractivity (Wildman–Crippen MR) is 98.9 cm³/mol. The van der Waals surface area contributed by atoms with Crippen molar-refractivity contribution in [3.63, 3.8) is 0 Å². The van der Waals surface area contributed by atoms with Crippen molar-refractivity contribution in [3.8, 4) is 11.5 Å². The molecule has 0 bridgehead atoms. The van der Waals surface area contributed by atoms with Gasteiger partial charge in [0.15, 0.2) is 16.6 Å². The average Bonchev–Trinajstić information content (AvgIpc) is 3.02. The number of carbonyl (C=O) groups excluding carboxylic acids is 1. The van der Waals surface area contributed by atoms with Gasteiger partial charge in [-0.2, -0.15) is 0 Å². The van der Waals surface area contributed by atoms with Gasteiger partial charge < -0.3 is 9.47 Å². The fourth-order valence-electron chi connectivity index (χ4n) is 2.23. The summed E-state index contributed by atoms with van der Waals surface area (Å²) in [5, 5.41) is 3.41. The lowest BCUT2D eigenvalue weighted by Gasteiger charge is -2.09. The quantitative estimate of drug-likeness (QED) is 0.688. The number of thiazole rings is 1. The molecule has 1 aromatic heterocycles. The molecule has 0 spiro atoms. The molecule has 24 heavy (non-hydrogen) atoms. The number of methoxy groups -OCH3 is 2. The topological polar surface area (TPSA) is 60.5 Å². The normalized spacial score (nSPS) is 10.6. The van der Waals surface area contributed by atoms with Crippen LogP contribution in [0.2, 0.25) is 0 Å². The van der Waals surface area contributed by atoms with Gasteiger partial charge in [0.2, 0.25) is 0 Å². The number of amides is 1. The van der Waals surface area contributed by atoms with Crippen molar-refractivity contribution in [1.82, 2.24) is 4.98 Å². The molecule has 0 saturated carbocycles. The molecule has 0 unspecified atom stereocenters. The number of nitrogens with zero attached hydrogens (tertiary/aromatic N) is 1. The van der Waals surface area contributed by atoms with Crippen molar-refractivity contribution in [3.05, 3.63) is 42.0 Å². The fraction of sp³-hybridized carbons (Fsp3) is 0.176. The van der Waals surface area contributed by atoms with Crippen molar-refractivity contribution in [2.24, 2.45) is 0 Å². The molecule has 0 aliphatic rings. The summed E-state index contributed by atoms with van der Waals surface area (Å²) in [6.45, 7) is 0. The van der Waals surface area contributed by atoms with Crippen LogP contribution < -0.4 is 14.8 Å². The molecule has 2 aromatic carbocycles. The Labute approximate surface area is 148 Å². The molecule has 1 amide bonds. The lowest BCUT2D eigenvalue weighted by atomic mass is 10.2. The lowest BCUT2D eigenvalue weighted by Crippen LogP contribution is -2.11. The number of anilines is 1. The van der Waals surface area contributed by atoms with Gasteiger partial charge in [-0.1, -0.05) is 11.3 Å². The van der Waals surface area contributed by atoms with Gasteiger partial charge >= 0.3 is 0 Å². The zero-order chi connectivity index (χ0) is 17.1. The Morgan fingerprint density at radius 3 is 2.62 bits per heavy atom. The van der Waals surface area contributed by atoms with Crippen LogP contribution in [0.25, 0.3) is 10.2 Å². The van der Waals surface area contributed by atoms with E-state index in [-0.39, 0.29) is 5.91 Å². The number of fused-ring (bicyclic) bond motifs is 1. The maximum Gasteiger partial charge on any atom is 0.257 e. The van der Waals surface area contributed by atoms with E-state index in [1.54, 1.807) is 37.1 Å². The summed E-state index contributed by atoms with van der Waals surface area (Å²) in [5.74, 6) is 0.859. The zero-order valence-corrected chi connectivity index (χ0v) is 15.1. The van der Waals surface area contributed by atoms with E-state index >= 15 is 0 Å². The summed E-state index contributed by atoms with van der Waals surface area (Å²) in [4.78, 5) is 18.1. The molecule has 0 aliphatic heterocycles. The van der Waals surface area contributed by atoms with Crippen LogP contribution in [0.3, 0.4) is 0 Å². The number of rotatable bonds is 5. The SMILES string of the molecule is COc1ccc(C(=O)Nc2nc3ccc(SC)cc3s2)cc1OC. The second kappa shape index (κ2) is 7.11. The third kappa shape index (κ3) is 3.32. The van der Waals surface area contributed by atoms with Crippen LogP contribution in [-0.2, 0) is 0 Å². The Morgan fingerprint density at radius 2 is 1.92 bits per heavy atom. The highest BCUT2D eigenvalue weighted by atomic mass is 32.2. The molecule has 0 radical (unpaired) electrons. The fourth-order valence-corrected chi connectivity index (χ4v) is 3.65. The lowest BCUT2D eigenvalue weighted by molar-refractivity contribution is 0.102. The summed E-state index contributed by atoms with van der Waals surface area (Å²) >= 11 is 3.13. The zero-order valence-electron chi connectivity index (χ0n) is 13.5. The largest absolute Gasteiger partial charge is 0.493 e. The number of nitrogens with one attached hydrogen (secondary N) is 1. The summed E-state index contributed by atoms with van der Waals surface area (Å²) < 4.78 is 11.5. The first kappa shape index (κ1) is 16.6. The molecule has 3 rings (SSSR count). The first-order valence-corrected chi connectivity index (χ1v) is 9.16. The van der Waals surface area contributed by atoms with E-state index in [2.05, 4.69) is 16.4 Å². The van der Waals surface area contributed by atoms with Crippen LogP contribution in [0.4, 0.5) is 5.13 Å². The maximum atomic E-state index is 12.4. The molecule has 0 aliphatic carbocycles. The van der Waals surface area contributed by atoms with Crippen LogP contribution in [0.1, 0.15) is 10.4 Å². The van der Waals surface area contributed by atoms with Gasteiger partial charge in [-0.25, -0.2) is 4.98 Å². The second-order valence-corrected chi connectivity index (χ2v) is 6.79. The highest BCUT2D eigenvalue weighted by Crippen LogP contribution is 2.31. The molecule has 0 atom stereocenters. The monoisotopic (exact) mass is 360 g/mol. The molecule has 1 N–H and O–H groups in total. The van der Waals surface area contributed by atoms with Crippen molar-refractivity contribution >= 4 is 44.4 Å².